The molecule has 1 fully saturated rings. The van der Waals surface area contributed by atoms with Crippen molar-refractivity contribution in [3.8, 4) is 0 Å². The number of aliphatic hydroxyl groups excluding tert-OH is 5. The van der Waals surface area contributed by atoms with E-state index in [1.165, 1.54) is 225 Å². The maximum atomic E-state index is 13.1. The van der Waals surface area contributed by atoms with Gasteiger partial charge < -0.3 is 40.3 Å². The number of hydrogen-bond acceptors (Lipinski definition) is 8. The minimum absolute atomic E-state index is 0.174. The molecule has 7 atom stereocenters. The minimum atomic E-state index is -1.57. The van der Waals surface area contributed by atoms with Crippen molar-refractivity contribution >= 4 is 5.91 Å². The molecule has 0 saturated carbocycles. The topological polar surface area (TPSA) is 149 Å². The van der Waals surface area contributed by atoms with E-state index in [0.717, 1.165) is 44.9 Å². The van der Waals surface area contributed by atoms with Crippen molar-refractivity contribution in [3.63, 3.8) is 0 Å². The van der Waals surface area contributed by atoms with Crippen LogP contribution in [0.1, 0.15) is 290 Å². The van der Waals surface area contributed by atoms with Crippen molar-refractivity contribution in [2.75, 3.05) is 13.2 Å². The van der Waals surface area contributed by atoms with E-state index in [-0.39, 0.29) is 12.5 Å². The Morgan fingerprint density at radius 3 is 1.23 bits per heavy atom. The van der Waals surface area contributed by atoms with Gasteiger partial charge in [0.2, 0.25) is 5.91 Å². The highest BCUT2D eigenvalue weighted by Gasteiger charge is 2.44. The van der Waals surface area contributed by atoms with Gasteiger partial charge in [0.05, 0.1) is 25.4 Å². The summed E-state index contributed by atoms with van der Waals surface area (Å²) in [7, 11) is 0. The minimum Gasteiger partial charge on any atom is -0.394 e. The van der Waals surface area contributed by atoms with Gasteiger partial charge in [0.1, 0.15) is 24.4 Å². The zero-order valence-electron chi connectivity index (χ0n) is 45.8. The summed E-state index contributed by atoms with van der Waals surface area (Å²) >= 11 is 0. The van der Waals surface area contributed by atoms with Crippen LogP contribution in [0.5, 0.6) is 0 Å². The Kier molecular flexibility index (Phi) is 48.3. The van der Waals surface area contributed by atoms with E-state index in [1.807, 2.05) is 6.08 Å². The number of ether oxygens (including phenoxy) is 2. The van der Waals surface area contributed by atoms with Crippen LogP contribution in [0, 0.1) is 0 Å². The van der Waals surface area contributed by atoms with E-state index in [9.17, 15) is 30.3 Å². The number of hydrogen-bond donors (Lipinski definition) is 6. The van der Waals surface area contributed by atoms with Gasteiger partial charge in [-0.2, -0.15) is 0 Å². The molecule has 0 aliphatic carbocycles. The van der Waals surface area contributed by atoms with Crippen molar-refractivity contribution in [1.29, 1.82) is 0 Å². The van der Waals surface area contributed by atoms with Gasteiger partial charge in [0, 0.05) is 6.42 Å². The molecule has 7 unspecified atom stereocenters. The van der Waals surface area contributed by atoms with Gasteiger partial charge in [0.25, 0.3) is 0 Å². The summed E-state index contributed by atoms with van der Waals surface area (Å²) < 4.78 is 11.3. The predicted octanol–water partition coefficient (Wildman–Crippen LogP) is 15.1. The van der Waals surface area contributed by atoms with Crippen LogP contribution in [0.4, 0.5) is 0 Å². The molecule has 1 heterocycles. The van der Waals surface area contributed by atoms with Crippen molar-refractivity contribution in [2.24, 2.45) is 0 Å². The maximum Gasteiger partial charge on any atom is 0.220 e. The maximum absolute atomic E-state index is 13.1. The third-order valence-corrected chi connectivity index (χ3v) is 14.5. The molecular weight excluding hydrogens is 875 g/mol. The molecule has 0 spiro atoms. The molecule has 0 aromatic carbocycles. The Morgan fingerprint density at radius 1 is 0.486 bits per heavy atom. The van der Waals surface area contributed by atoms with E-state index >= 15 is 0 Å². The number of allylic oxidation sites excluding steroid dienone is 5. The Balaban J connectivity index is 2.21. The number of amides is 1. The first-order valence-electron chi connectivity index (χ1n) is 30.2. The molecule has 0 aromatic rings. The molecule has 6 N–H and O–H groups in total. The molecule has 0 aromatic heterocycles. The number of unbranched alkanes of at least 4 members (excludes halogenated alkanes) is 38. The fourth-order valence-corrected chi connectivity index (χ4v) is 9.66. The molecule has 70 heavy (non-hydrogen) atoms. The third kappa shape index (κ3) is 39.9. The number of nitrogens with one attached hydrogen (secondary N) is 1. The number of rotatable bonds is 52. The highest BCUT2D eigenvalue weighted by molar-refractivity contribution is 5.76. The molecule has 9 heteroatoms. The van der Waals surface area contributed by atoms with Gasteiger partial charge in [-0.25, -0.2) is 0 Å². The van der Waals surface area contributed by atoms with Crippen LogP contribution in [-0.2, 0) is 14.3 Å². The second-order valence-corrected chi connectivity index (χ2v) is 21.1. The lowest BCUT2D eigenvalue weighted by atomic mass is 9.99. The van der Waals surface area contributed by atoms with Crippen LogP contribution < -0.4 is 5.32 Å². The molecule has 0 bridgehead atoms. The molecule has 9 nitrogen and oxygen atoms in total. The van der Waals surface area contributed by atoms with Crippen molar-refractivity contribution in [2.45, 2.75) is 333 Å². The van der Waals surface area contributed by atoms with E-state index in [1.54, 1.807) is 6.08 Å². The van der Waals surface area contributed by atoms with Gasteiger partial charge in [-0.15, -0.1) is 0 Å². The van der Waals surface area contributed by atoms with Gasteiger partial charge in [0.15, 0.2) is 6.29 Å². The first-order chi connectivity index (χ1) is 34.3. The summed E-state index contributed by atoms with van der Waals surface area (Å²) in [5.74, 6) is -0.174. The average Bonchev–Trinajstić information content (AvgIpc) is 3.36. The zero-order valence-corrected chi connectivity index (χ0v) is 45.8. The molecule has 1 amide bonds. The van der Waals surface area contributed by atoms with E-state index in [0.29, 0.717) is 6.42 Å². The van der Waals surface area contributed by atoms with Gasteiger partial charge in [-0.3, -0.25) is 4.79 Å². The summed E-state index contributed by atoms with van der Waals surface area (Å²) in [5, 5.41) is 54.6. The Hall–Kier alpha value is -1.59. The van der Waals surface area contributed by atoms with Crippen molar-refractivity contribution < 1.29 is 39.8 Å². The Labute approximate surface area is 431 Å². The summed E-state index contributed by atoms with van der Waals surface area (Å²) in [6, 6.07) is -0.805. The number of aliphatic hydroxyl groups is 5. The second-order valence-electron chi connectivity index (χ2n) is 21.1. The van der Waals surface area contributed by atoms with Crippen molar-refractivity contribution in [3.05, 3.63) is 36.5 Å². The summed E-state index contributed by atoms with van der Waals surface area (Å²) in [4.78, 5) is 13.1. The van der Waals surface area contributed by atoms with Gasteiger partial charge in [-0.05, 0) is 51.4 Å². The normalized spacial score (nSPS) is 19.6. The number of carbonyl (C=O) groups excluding carboxylic acids is 1. The van der Waals surface area contributed by atoms with Crippen LogP contribution >= 0.6 is 0 Å². The van der Waals surface area contributed by atoms with Gasteiger partial charge >= 0.3 is 0 Å². The Morgan fingerprint density at radius 2 is 0.843 bits per heavy atom. The fraction of sp³-hybridized carbons (Fsp3) is 0.885. The standard InChI is InChI=1S/C61H115NO8/c1-3-5-7-9-11-13-15-17-19-21-23-25-27-28-29-31-33-35-37-39-41-43-45-47-49-51-57(65)62-54(53-69-61-60(68)59(67)58(66)56(52-63)70-61)55(64)50-48-46-44-42-40-38-36-34-32-30-26-24-22-20-18-16-14-12-10-8-6-4-2/h15,17,21,23,48,50,54-56,58-61,63-64,66-68H,3-14,16,18-20,22,24-47,49,51-53H2,1-2H3,(H,62,65)/b17-15-,23-21-,50-48+. The predicted molar refractivity (Wildman–Crippen MR) is 295 cm³/mol. The highest BCUT2D eigenvalue weighted by Crippen LogP contribution is 2.23. The van der Waals surface area contributed by atoms with Gasteiger partial charge in [-0.1, -0.05) is 269 Å². The lowest BCUT2D eigenvalue weighted by Gasteiger charge is -2.40. The van der Waals surface area contributed by atoms with Crippen LogP contribution in [0.3, 0.4) is 0 Å². The van der Waals surface area contributed by atoms with Crippen LogP contribution in [0.15, 0.2) is 36.5 Å². The summed E-state index contributed by atoms with van der Waals surface area (Å²) in [6.45, 7) is 3.80. The zero-order chi connectivity index (χ0) is 50.8. The fourth-order valence-electron chi connectivity index (χ4n) is 9.66. The SMILES string of the molecule is CCCCCCC/C=C\C/C=C\CCCCCCCCCCCCCCCC(=O)NC(COC1OC(CO)C(O)C(O)C1O)C(O)/C=C/CCCCCCCCCCCCCCCCCCCCCC. The first kappa shape index (κ1) is 66.4. The smallest absolute Gasteiger partial charge is 0.220 e. The van der Waals surface area contributed by atoms with E-state index in [2.05, 4.69) is 43.5 Å². The van der Waals surface area contributed by atoms with Crippen LogP contribution in [0.25, 0.3) is 0 Å². The second kappa shape index (κ2) is 50.9. The number of carbonyl (C=O) groups is 1. The summed E-state index contributed by atoms with van der Waals surface area (Å²) in [6.07, 6.45) is 59.2. The largest absolute Gasteiger partial charge is 0.394 e. The van der Waals surface area contributed by atoms with E-state index < -0.39 is 49.5 Å². The van der Waals surface area contributed by atoms with Crippen molar-refractivity contribution in [1.82, 2.24) is 5.32 Å². The third-order valence-electron chi connectivity index (χ3n) is 14.5. The average molecular weight is 991 g/mol. The summed E-state index contributed by atoms with van der Waals surface area (Å²) in [5.41, 5.74) is 0. The lowest BCUT2D eigenvalue weighted by molar-refractivity contribution is -0.302. The first-order valence-corrected chi connectivity index (χ1v) is 30.2. The molecule has 0 radical (unpaired) electrons. The highest BCUT2D eigenvalue weighted by atomic mass is 16.7. The molecule has 1 aliphatic heterocycles. The van der Waals surface area contributed by atoms with E-state index in [4.69, 9.17) is 9.47 Å². The van der Waals surface area contributed by atoms with Crippen LogP contribution in [-0.4, -0.2) is 87.5 Å². The molecule has 1 aliphatic rings. The monoisotopic (exact) mass is 990 g/mol. The molecular formula is C61H115NO8. The molecule has 412 valence electrons. The quantitative estimate of drug-likeness (QED) is 0.0261. The molecule has 1 rings (SSSR count). The van der Waals surface area contributed by atoms with Crippen LogP contribution in [0.2, 0.25) is 0 Å². The lowest BCUT2D eigenvalue weighted by Crippen LogP contribution is -2.60. The Bertz CT molecular complexity index is 1190. The molecule has 1 saturated heterocycles.